The van der Waals surface area contributed by atoms with Crippen LogP contribution in [-0.2, 0) is 70.5 Å². The number of carbonyl (C=O) groups excluding carboxylic acids is 9. The molecule has 0 spiro atoms. The maximum atomic E-state index is 13.9. The lowest BCUT2D eigenvalue weighted by Gasteiger charge is -2.36. The smallest absolute Gasteiger partial charge is 0.408 e. The monoisotopic (exact) mass is 1820 g/mol. The first-order chi connectivity index (χ1) is 55.3. The Labute approximate surface area is 735 Å². The summed E-state index contributed by atoms with van der Waals surface area (Å²) in [7, 11) is 0. The number of aliphatic hydroxyl groups is 1. The second kappa shape index (κ2) is 45.4. The van der Waals surface area contributed by atoms with Gasteiger partial charge in [-0.3, -0.25) is 9.59 Å². The first kappa shape index (κ1) is 105. The van der Waals surface area contributed by atoms with Crippen molar-refractivity contribution < 1.29 is 85.5 Å². The molecule has 6 atom stereocenters. The molecule has 37 heteroatoms. The summed E-state index contributed by atoms with van der Waals surface area (Å²) in [4.78, 5) is 131. The number of benzene rings is 2. The molecule has 6 unspecified atom stereocenters. The number of ketones is 2. The van der Waals surface area contributed by atoms with E-state index < -0.39 is 110 Å². The highest BCUT2D eigenvalue weighted by Gasteiger charge is 2.43. The highest BCUT2D eigenvalue weighted by Crippen LogP contribution is 2.38. The van der Waals surface area contributed by atoms with E-state index in [4.69, 9.17) is 127 Å². The number of esters is 2. The van der Waals surface area contributed by atoms with E-state index in [0.717, 1.165) is 12.1 Å². The zero-order chi connectivity index (χ0) is 91.5. The number of alkyl carbamates (subject to hydrolysis) is 4. The number of aldehydes is 1. The van der Waals surface area contributed by atoms with Crippen molar-refractivity contribution in [2.45, 2.75) is 195 Å². The van der Waals surface area contributed by atoms with Crippen LogP contribution in [0.2, 0.25) is 41.0 Å². The molecule has 0 saturated heterocycles. The molecule has 8 rings (SSSR count). The predicted molar refractivity (Wildman–Crippen MR) is 455 cm³/mol. The molecule has 7 N–H and O–H groups in total. The molecule has 650 valence electrons. The van der Waals surface area contributed by atoms with Crippen LogP contribution in [0, 0.1) is 11.6 Å². The average molecular weight is 1830 g/mol. The summed E-state index contributed by atoms with van der Waals surface area (Å²) in [6.07, 6.45) is 4.95. The Morgan fingerprint density at radius 2 is 0.742 bits per heavy atom. The van der Waals surface area contributed by atoms with Gasteiger partial charge in [0.2, 0.25) is 0 Å². The summed E-state index contributed by atoms with van der Waals surface area (Å²) in [6, 6.07) is 26.6. The topological polar surface area (TPSA) is 381 Å². The first-order valence-electron chi connectivity index (χ1n) is 36.3. The van der Waals surface area contributed by atoms with E-state index in [2.05, 4.69) is 51.2 Å². The van der Waals surface area contributed by atoms with Crippen LogP contribution in [-0.4, -0.2) is 125 Å². The molecule has 27 nitrogen and oxygen atoms in total. The number of ether oxygens (including phenoxy) is 6. The molecule has 0 saturated carbocycles. The molecule has 0 fully saturated rings. The van der Waals surface area contributed by atoms with E-state index in [-0.39, 0.29) is 49.0 Å². The fourth-order valence-corrected chi connectivity index (χ4v) is 10.5. The van der Waals surface area contributed by atoms with Crippen molar-refractivity contribution in [2.75, 3.05) is 13.2 Å². The molecule has 0 bridgehead atoms. The Morgan fingerprint density at radius 1 is 0.417 bits per heavy atom. The van der Waals surface area contributed by atoms with Crippen molar-refractivity contribution in [1.29, 1.82) is 0 Å². The van der Waals surface area contributed by atoms with Gasteiger partial charge in [-0.25, -0.2) is 67.5 Å². The zero-order valence-electron chi connectivity index (χ0n) is 69.5. The van der Waals surface area contributed by atoms with Gasteiger partial charge in [-0.05, 0) is 222 Å². The predicted octanol–water partition coefficient (Wildman–Crippen LogP) is 19.3. The van der Waals surface area contributed by atoms with Crippen molar-refractivity contribution in [3.8, 4) is 0 Å². The third-order valence-electron chi connectivity index (χ3n) is 15.8. The number of hydrogen-bond acceptors (Lipinski definition) is 23. The molecule has 6 aromatic heterocycles. The van der Waals surface area contributed by atoms with E-state index in [1.165, 1.54) is 100 Å². The highest BCUT2D eigenvalue weighted by molar-refractivity contribution is 6.32. The van der Waals surface area contributed by atoms with Gasteiger partial charge in [0.15, 0.2) is 17.1 Å². The standard InChI is InChI=1S/C19H21Cl2FN2O3.C19H19Cl2FN2O3.C15H21ClN2O4.C13H17ClN2O3.C10H13ClN2O2.C7H6ClNO/c2*1-18(2,3)27-17(26)24-19(4,12-6-8-15(21)23-10-12)16(25)11-5-7-13(20)14(22)9-11;1-6-21-12(19)15(5,10-7-8-11(16)17-9-10)18-13(20)22-14(2,3)4;1-12(2,3)19-11(18)16-13(4,8-17)9-5-6-10(14)15-7-9;1-3-15-9(14)10(2,12)7-4-5-8(11)13-6-7;1-5(10)6-2-3-7(8)9-4-6/h5-10,16,25H,1-4H3,(H,24,26);5-10H,1-4H3,(H,24,26);7-9H,6H2,1-5H3,(H,18,20);5-8H,1-4H3,(H,16,18);4-6H,3,12H2,1-2H3;2-4H,1H3. The normalized spacial score (nSPS) is 13.8. The van der Waals surface area contributed by atoms with Gasteiger partial charge in [0.1, 0.15) is 94.0 Å². The lowest BCUT2D eigenvalue weighted by atomic mass is 9.83. The average Bonchev–Trinajstić information content (AvgIpc) is 0.780. The molecule has 6 heterocycles. The Balaban J connectivity index is 0.000000381. The number of halogens is 10. The minimum Gasteiger partial charge on any atom is -0.464 e. The number of pyridine rings is 6. The lowest BCUT2D eigenvalue weighted by molar-refractivity contribution is -0.151. The van der Waals surface area contributed by atoms with Crippen molar-refractivity contribution in [3.63, 3.8) is 0 Å². The van der Waals surface area contributed by atoms with Crippen molar-refractivity contribution in [1.82, 2.24) is 51.2 Å². The van der Waals surface area contributed by atoms with Gasteiger partial charge >= 0.3 is 36.3 Å². The van der Waals surface area contributed by atoms with Crippen molar-refractivity contribution in [3.05, 3.63) is 243 Å². The summed E-state index contributed by atoms with van der Waals surface area (Å²) in [6.45, 7) is 33.8. The Bertz CT molecular complexity index is 4800. The quantitative estimate of drug-likeness (QED) is 0.0144. The molecule has 4 amide bonds. The number of nitrogens with two attached hydrogens (primary N) is 1. The number of hydrogen-bond donors (Lipinski definition) is 6. The van der Waals surface area contributed by atoms with Gasteiger partial charge in [0, 0.05) is 70.6 Å². The van der Waals surface area contributed by atoms with Crippen LogP contribution in [0.15, 0.2) is 146 Å². The van der Waals surface area contributed by atoms with Gasteiger partial charge in [0.25, 0.3) is 0 Å². The number of aromatic nitrogens is 6. The molecule has 0 radical (unpaired) electrons. The summed E-state index contributed by atoms with van der Waals surface area (Å²) in [5.74, 6) is -3.06. The molecule has 0 aliphatic carbocycles. The molecular formula is C83H97Cl8F2N11O16. The first-order valence-corrected chi connectivity index (χ1v) is 39.3. The minimum absolute atomic E-state index is 0.00386. The number of amides is 4. The second-order valence-corrected chi connectivity index (χ2v) is 33.9. The van der Waals surface area contributed by atoms with Crippen LogP contribution in [0.25, 0.3) is 0 Å². The fraction of sp³-hybridized carbons (Fsp3) is 0.386. The van der Waals surface area contributed by atoms with Gasteiger partial charge in [-0.15, -0.1) is 0 Å². The van der Waals surface area contributed by atoms with Crippen molar-refractivity contribution >= 4 is 147 Å². The van der Waals surface area contributed by atoms with E-state index >= 15 is 0 Å². The summed E-state index contributed by atoms with van der Waals surface area (Å²) >= 11 is 45.6. The summed E-state index contributed by atoms with van der Waals surface area (Å²) in [5.41, 5.74) is -0.505. The molecule has 120 heavy (non-hydrogen) atoms. The zero-order valence-corrected chi connectivity index (χ0v) is 75.6. The Kier molecular flexibility index (Phi) is 39.6. The summed E-state index contributed by atoms with van der Waals surface area (Å²) < 4.78 is 58.5. The largest absolute Gasteiger partial charge is 0.464 e. The highest BCUT2D eigenvalue weighted by atomic mass is 35.5. The van der Waals surface area contributed by atoms with Crippen LogP contribution in [0.3, 0.4) is 0 Å². The van der Waals surface area contributed by atoms with E-state index in [1.54, 1.807) is 172 Å². The number of rotatable bonds is 19. The number of Topliss-reactive ketones (excluding diaryl/α,β-unsaturated/α-hetero) is 2. The minimum atomic E-state index is -1.57. The SMILES string of the molecule is CC(=O)c1ccc(Cl)nc1.CC(C)(C)OC(=O)NC(C)(C(=O)c1ccc(Cl)c(F)c1)c1ccc(Cl)nc1.CC(C)(C)OC(=O)NC(C)(C=O)c1ccc(Cl)nc1.CC(C)(C)OC(=O)NC(C)(c1ccc(Cl)nc1)C(O)c1ccc(Cl)c(F)c1.CCOC(=O)C(C)(N)c1ccc(Cl)nc1.CCOC(=O)C(C)(NC(=O)OC(C)(C)C)c1ccc(Cl)nc1. The maximum absolute atomic E-state index is 13.9. The maximum Gasteiger partial charge on any atom is 0.408 e. The van der Waals surface area contributed by atoms with Crippen LogP contribution < -0.4 is 27.0 Å². The molecule has 0 aliphatic heterocycles. The van der Waals surface area contributed by atoms with Crippen molar-refractivity contribution in [2.24, 2.45) is 5.73 Å². The van der Waals surface area contributed by atoms with Gasteiger partial charge in [0.05, 0.1) is 28.8 Å². The Hall–Kier alpha value is -9.53. The van der Waals surface area contributed by atoms with E-state index in [1.807, 2.05) is 0 Å². The second-order valence-electron chi connectivity index (χ2n) is 30.7. The van der Waals surface area contributed by atoms with E-state index in [0.29, 0.717) is 61.7 Å². The number of carbonyl (C=O) groups is 9. The van der Waals surface area contributed by atoms with E-state index in [9.17, 15) is 57.0 Å². The van der Waals surface area contributed by atoms with Crippen LogP contribution >= 0.6 is 92.8 Å². The number of nitrogens with zero attached hydrogens (tertiary/aromatic N) is 6. The molecule has 2 aromatic carbocycles. The fourth-order valence-electron chi connectivity index (χ4n) is 9.61. The number of aliphatic hydroxyl groups excluding tert-OH is 1. The molecular weight excluding hydrogens is 1730 g/mol. The third-order valence-corrected chi connectivity index (χ3v) is 17.8. The number of nitrogens with one attached hydrogen (secondary N) is 4. The third kappa shape index (κ3) is 34.2. The van der Waals surface area contributed by atoms with Crippen LogP contribution in [0.5, 0.6) is 0 Å². The van der Waals surface area contributed by atoms with Gasteiger partial charge in [-0.1, -0.05) is 129 Å². The van der Waals surface area contributed by atoms with Crippen LogP contribution in [0.4, 0.5) is 28.0 Å². The lowest BCUT2D eigenvalue weighted by Crippen LogP contribution is -2.51. The molecule has 0 aliphatic rings. The van der Waals surface area contributed by atoms with Crippen LogP contribution in [0.1, 0.15) is 199 Å². The van der Waals surface area contributed by atoms with Gasteiger partial charge < -0.3 is 65.3 Å². The summed E-state index contributed by atoms with van der Waals surface area (Å²) in [5, 5.41) is 23.0. The van der Waals surface area contributed by atoms with Gasteiger partial charge in [-0.2, -0.15) is 0 Å². The Morgan fingerprint density at radius 3 is 1.09 bits per heavy atom. The molecule has 8 aromatic rings.